The summed E-state index contributed by atoms with van der Waals surface area (Å²) in [6.45, 7) is 1.78. The van der Waals surface area contributed by atoms with Crippen molar-refractivity contribution in [1.82, 2.24) is 20.2 Å². The Morgan fingerprint density at radius 1 is 1.45 bits per heavy atom. The molecule has 0 radical (unpaired) electrons. The molecule has 0 fully saturated rings. The number of nitrogens with one attached hydrogen (secondary N) is 1. The fourth-order valence-corrected chi connectivity index (χ4v) is 1.17. The molecule has 56 valence electrons. The van der Waals surface area contributed by atoms with E-state index in [2.05, 4.69) is 20.2 Å². The predicted octanol–water partition coefficient (Wildman–Crippen LogP) is 1.31. The molecule has 0 saturated carbocycles. The maximum absolute atomic E-state index is 5.79. The van der Waals surface area contributed by atoms with E-state index in [1.165, 1.54) is 0 Å². The first kappa shape index (κ1) is 6.54. The largest absolute Gasteiger partial charge is 0.261 e. The standard InChI is InChI=1S/C6H5ClN4/c1-3-9-5(7)4-2-8-11-6(4)10-3/h2H,1H3,(H,8,9,10,11). The summed E-state index contributed by atoms with van der Waals surface area (Å²) in [6, 6.07) is 0. The Balaban J connectivity index is 2.91. The van der Waals surface area contributed by atoms with E-state index in [9.17, 15) is 0 Å². The Kier molecular flexibility index (Phi) is 1.29. The predicted molar refractivity (Wildman–Crippen MR) is 41.4 cm³/mol. The Labute approximate surface area is 67.6 Å². The minimum absolute atomic E-state index is 0.446. The van der Waals surface area contributed by atoms with Gasteiger partial charge in [-0.3, -0.25) is 5.10 Å². The number of nitrogens with zero attached hydrogens (tertiary/aromatic N) is 3. The van der Waals surface area contributed by atoms with Crippen LogP contribution in [0.2, 0.25) is 5.15 Å². The Morgan fingerprint density at radius 3 is 3.09 bits per heavy atom. The second-order valence-corrected chi connectivity index (χ2v) is 2.55. The number of hydrogen-bond donors (Lipinski definition) is 1. The van der Waals surface area contributed by atoms with Gasteiger partial charge in [0.2, 0.25) is 0 Å². The van der Waals surface area contributed by atoms with Crippen LogP contribution in [-0.2, 0) is 0 Å². The van der Waals surface area contributed by atoms with E-state index in [1.54, 1.807) is 13.1 Å². The van der Waals surface area contributed by atoms with Crippen LogP contribution in [0.25, 0.3) is 11.0 Å². The van der Waals surface area contributed by atoms with E-state index >= 15 is 0 Å². The quantitative estimate of drug-likeness (QED) is 0.604. The second-order valence-electron chi connectivity index (χ2n) is 2.19. The Hall–Kier alpha value is -1.16. The molecule has 11 heavy (non-hydrogen) atoms. The van der Waals surface area contributed by atoms with Gasteiger partial charge in [-0.15, -0.1) is 0 Å². The van der Waals surface area contributed by atoms with Gasteiger partial charge < -0.3 is 0 Å². The van der Waals surface area contributed by atoms with Gasteiger partial charge in [-0.25, -0.2) is 9.97 Å². The van der Waals surface area contributed by atoms with Gasteiger partial charge in [-0.1, -0.05) is 11.6 Å². The smallest absolute Gasteiger partial charge is 0.160 e. The monoisotopic (exact) mass is 168 g/mol. The van der Waals surface area contributed by atoms with Crippen LogP contribution in [0.5, 0.6) is 0 Å². The first-order valence-electron chi connectivity index (χ1n) is 3.10. The van der Waals surface area contributed by atoms with Gasteiger partial charge in [-0.05, 0) is 6.92 Å². The molecule has 0 amide bonds. The van der Waals surface area contributed by atoms with Crippen molar-refractivity contribution < 1.29 is 0 Å². The Morgan fingerprint density at radius 2 is 2.27 bits per heavy atom. The summed E-state index contributed by atoms with van der Waals surface area (Å²) >= 11 is 5.79. The molecule has 4 nitrogen and oxygen atoms in total. The van der Waals surface area contributed by atoms with Gasteiger partial charge in [0.1, 0.15) is 11.0 Å². The summed E-state index contributed by atoms with van der Waals surface area (Å²) in [4.78, 5) is 8.05. The van der Waals surface area contributed by atoms with E-state index in [-0.39, 0.29) is 0 Å². The highest BCUT2D eigenvalue weighted by molar-refractivity contribution is 6.33. The molecular formula is C6H5ClN4. The number of halogens is 1. The number of hydrogen-bond acceptors (Lipinski definition) is 3. The number of aromatic nitrogens is 4. The normalized spacial score (nSPS) is 10.7. The zero-order chi connectivity index (χ0) is 7.84. The summed E-state index contributed by atoms with van der Waals surface area (Å²) < 4.78 is 0. The average Bonchev–Trinajstić information content (AvgIpc) is 2.34. The van der Waals surface area contributed by atoms with Gasteiger partial charge in [0, 0.05) is 0 Å². The summed E-state index contributed by atoms with van der Waals surface area (Å²) in [5, 5.41) is 7.71. The van der Waals surface area contributed by atoms with E-state index in [1.807, 2.05) is 0 Å². The lowest BCUT2D eigenvalue weighted by Gasteiger charge is -1.92. The molecule has 0 atom stereocenters. The second kappa shape index (κ2) is 2.17. The van der Waals surface area contributed by atoms with Crippen LogP contribution in [0, 0.1) is 6.92 Å². The third kappa shape index (κ3) is 0.952. The fraction of sp³-hybridized carbons (Fsp3) is 0.167. The first-order valence-corrected chi connectivity index (χ1v) is 3.48. The van der Waals surface area contributed by atoms with Crippen molar-refractivity contribution in [3.63, 3.8) is 0 Å². The van der Waals surface area contributed by atoms with Crippen molar-refractivity contribution in [2.24, 2.45) is 0 Å². The van der Waals surface area contributed by atoms with Gasteiger partial charge in [0.25, 0.3) is 0 Å². The number of aryl methyl sites for hydroxylation is 1. The highest BCUT2D eigenvalue weighted by Gasteiger charge is 2.03. The van der Waals surface area contributed by atoms with Crippen LogP contribution in [0.3, 0.4) is 0 Å². The third-order valence-electron chi connectivity index (χ3n) is 1.38. The van der Waals surface area contributed by atoms with E-state index in [0.717, 1.165) is 5.39 Å². The molecule has 2 aromatic heterocycles. The molecule has 2 aromatic rings. The van der Waals surface area contributed by atoms with Crippen LogP contribution in [0.1, 0.15) is 5.82 Å². The van der Waals surface area contributed by atoms with Crippen LogP contribution in [-0.4, -0.2) is 20.2 Å². The van der Waals surface area contributed by atoms with E-state index in [4.69, 9.17) is 11.6 Å². The van der Waals surface area contributed by atoms with Crippen LogP contribution < -0.4 is 0 Å². The molecule has 0 aromatic carbocycles. The minimum atomic E-state index is 0.446. The fourth-order valence-electron chi connectivity index (χ4n) is 0.905. The van der Waals surface area contributed by atoms with Gasteiger partial charge in [0.15, 0.2) is 5.65 Å². The Bertz CT molecular complexity index is 394. The minimum Gasteiger partial charge on any atom is -0.261 e. The molecule has 0 unspecified atom stereocenters. The number of fused-ring (bicyclic) bond motifs is 1. The van der Waals surface area contributed by atoms with Crippen LogP contribution in [0.15, 0.2) is 6.20 Å². The van der Waals surface area contributed by atoms with Crippen molar-refractivity contribution >= 4 is 22.6 Å². The summed E-state index contributed by atoms with van der Waals surface area (Å²) in [7, 11) is 0. The van der Waals surface area contributed by atoms with Crippen molar-refractivity contribution in [2.75, 3.05) is 0 Å². The molecule has 2 rings (SSSR count). The molecule has 5 heteroatoms. The molecule has 1 N–H and O–H groups in total. The highest BCUT2D eigenvalue weighted by atomic mass is 35.5. The maximum Gasteiger partial charge on any atom is 0.160 e. The lowest BCUT2D eigenvalue weighted by atomic mass is 10.4. The van der Waals surface area contributed by atoms with Gasteiger partial charge in [0.05, 0.1) is 11.6 Å². The molecule has 2 heterocycles. The molecule has 0 spiro atoms. The molecular weight excluding hydrogens is 164 g/mol. The van der Waals surface area contributed by atoms with E-state index in [0.29, 0.717) is 16.6 Å². The molecule has 0 bridgehead atoms. The molecule has 0 aliphatic carbocycles. The third-order valence-corrected chi connectivity index (χ3v) is 1.66. The van der Waals surface area contributed by atoms with Crippen molar-refractivity contribution in [1.29, 1.82) is 0 Å². The van der Waals surface area contributed by atoms with Crippen LogP contribution >= 0.6 is 11.6 Å². The van der Waals surface area contributed by atoms with Crippen molar-refractivity contribution in [3.05, 3.63) is 17.2 Å². The highest BCUT2D eigenvalue weighted by Crippen LogP contribution is 2.16. The maximum atomic E-state index is 5.79. The first-order chi connectivity index (χ1) is 5.27. The zero-order valence-electron chi connectivity index (χ0n) is 5.80. The number of rotatable bonds is 0. The van der Waals surface area contributed by atoms with Crippen LogP contribution in [0.4, 0.5) is 0 Å². The summed E-state index contributed by atoms with van der Waals surface area (Å²) in [5.74, 6) is 0.645. The zero-order valence-corrected chi connectivity index (χ0v) is 6.55. The van der Waals surface area contributed by atoms with E-state index < -0.39 is 0 Å². The molecule has 0 saturated heterocycles. The van der Waals surface area contributed by atoms with Gasteiger partial charge >= 0.3 is 0 Å². The lowest BCUT2D eigenvalue weighted by Crippen LogP contribution is -1.88. The average molecular weight is 169 g/mol. The molecule has 0 aliphatic heterocycles. The topological polar surface area (TPSA) is 54.5 Å². The van der Waals surface area contributed by atoms with Crippen molar-refractivity contribution in [3.8, 4) is 0 Å². The number of aromatic amines is 1. The number of H-pyrrole nitrogens is 1. The summed E-state index contributed by atoms with van der Waals surface area (Å²) in [5.41, 5.74) is 0.683. The van der Waals surface area contributed by atoms with Gasteiger partial charge in [-0.2, -0.15) is 5.10 Å². The van der Waals surface area contributed by atoms with Crippen molar-refractivity contribution in [2.45, 2.75) is 6.92 Å². The molecule has 0 aliphatic rings. The lowest BCUT2D eigenvalue weighted by molar-refractivity contribution is 1.05. The SMILES string of the molecule is Cc1nc(Cl)c2cn[nH]c2n1. The summed E-state index contributed by atoms with van der Waals surface area (Å²) in [6.07, 6.45) is 1.61.